The van der Waals surface area contributed by atoms with Crippen LogP contribution in [0.25, 0.3) is 0 Å². The minimum atomic E-state index is -0.0952. The first-order valence-corrected chi connectivity index (χ1v) is 6.79. The second kappa shape index (κ2) is 4.41. The summed E-state index contributed by atoms with van der Waals surface area (Å²) in [4.78, 5) is 0. The zero-order valence-corrected chi connectivity index (χ0v) is 10.2. The van der Waals surface area contributed by atoms with Crippen LogP contribution in [0.15, 0.2) is 18.2 Å². The standard InChI is InChI=1S/C15H20FN/c16-12-4-6-14-13(10-1-2-10)5-3-11(7-8-17)15(14)9-12/h4,6,9-11,13H,1-3,5,7-8,17H2. The lowest BCUT2D eigenvalue weighted by Gasteiger charge is -2.31. The molecule has 1 aromatic rings. The molecule has 2 aliphatic carbocycles. The van der Waals surface area contributed by atoms with Gasteiger partial charge in [0.15, 0.2) is 0 Å². The molecule has 2 atom stereocenters. The molecule has 92 valence electrons. The smallest absolute Gasteiger partial charge is 0.123 e. The van der Waals surface area contributed by atoms with Crippen LogP contribution in [0.3, 0.4) is 0 Å². The maximum Gasteiger partial charge on any atom is 0.123 e. The predicted molar refractivity (Wildman–Crippen MR) is 67.5 cm³/mol. The van der Waals surface area contributed by atoms with Crippen LogP contribution in [0.5, 0.6) is 0 Å². The van der Waals surface area contributed by atoms with E-state index >= 15 is 0 Å². The Labute approximate surface area is 102 Å². The molecule has 0 heterocycles. The topological polar surface area (TPSA) is 26.0 Å². The molecule has 3 rings (SSSR count). The van der Waals surface area contributed by atoms with Gasteiger partial charge < -0.3 is 5.73 Å². The zero-order valence-electron chi connectivity index (χ0n) is 10.2. The lowest BCUT2D eigenvalue weighted by molar-refractivity contribution is 0.435. The van der Waals surface area contributed by atoms with Crippen LogP contribution in [-0.4, -0.2) is 6.54 Å². The molecule has 1 fully saturated rings. The van der Waals surface area contributed by atoms with Gasteiger partial charge in [0, 0.05) is 0 Å². The molecule has 0 spiro atoms. The first kappa shape index (κ1) is 11.2. The normalized spacial score (nSPS) is 27.9. The highest BCUT2D eigenvalue weighted by molar-refractivity contribution is 5.37. The fourth-order valence-electron chi connectivity index (χ4n) is 3.42. The number of fused-ring (bicyclic) bond motifs is 1. The molecule has 0 aliphatic heterocycles. The van der Waals surface area contributed by atoms with Gasteiger partial charge in [-0.1, -0.05) is 6.07 Å². The third-order valence-corrected chi connectivity index (χ3v) is 4.42. The lowest BCUT2D eigenvalue weighted by atomic mass is 9.73. The SMILES string of the molecule is NCCC1CCC(C2CC2)c2ccc(F)cc21. The molecule has 0 saturated heterocycles. The van der Waals surface area contributed by atoms with E-state index in [0.29, 0.717) is 18.4 Å². The molecule has 2 N–H and O–H groups in total. The van der Waals surface area contributed by atoms with Gasteiger partial charge in [0.1, 0.15) is 5.82 Å². The number of halogens is 1. The van der Waals surface area contributed by atoms with E-state index in [1.807, 2.05) is 6.07 Å². The van der Waals surface area contributed by atoms with Crippen molar-refractivity contribution in [3.05, 3.63) is 35.1 Å². The molecule has 0 amide bonds. The van der Waals surface area contributed by atoms with E-state index in [1.54, 1.807) is 12.1 Å². The van der Waals surface area contributed by atoms with Crippen molar-refractivity contribution in [3.8, 4) is 0 Å². The molecule has 0 radical (unpaired) electrons. The average molecular weight is 233 g/mol. The number of hydrogen-bond donors (Lipinski definition) is 1. The summed E-state index contributed by atoms with van der Waals surface area (Å²) in [5.74, 6) is 1.96. The molecular weight excluding hydrogens is 213 g/mol. The van der Waals surface area contributed by atoms with E-state index in [-0.39, 0.29) is 5.82 Å². The quantitative estimate of drug-likeness (QED) is 0.849. The molecule has 2 aliphatic rings. The molecule has 2 unspecified atom stereocenters. The fourth-order valence-corrected chi connectivity index (χ4v) is 3.42. The fraction of sp³-hybridized carbons (Fsp3) is 0.600. The number of benzene rings is 1. The zero-order chi connectivity index (χ0) is 11.8. The van der Waals surface area contributed by atoms with Crippen molar-refractivity contribution in [3.63, 3.8) is 0 Å². The second-order valence-electron chi connectivity index (χ2n) is 5.57. The number of hydrogen-bond acceptors (Lipinski definition) is 1. The molecule has 0 bridgehead atoms. The summed E-state index contributed by atoms with van der Waals surface area (Å²) in [6.07, 6.45) is 6.18. The van der Waals surface area contributed by atoms with Crippen molar-refractivity contribution in [1.29, 1.82) is 0 Å². The van der Waals surface area contributed by atoms with Crippen molar-refractivity contribution >= 4 is 0 Å². The monoisotopic (exact) mass is 233 g/mol. The Balaban J connectivity index is 1.96. The minimum Gasteiger partial charge on any atom is -0.330 e. The maximum atomic E-state index is 13.4. The van der Waals surface area contributed by atoms with E-state index in [2.05, 4.69) is 0 Å². The van der Waals surface area contributed by atoms with Gasteiger partial charge in [-0.3, -0.25) is 0 Å². The van der Waals surface area contributed by atoms with Crippen molar-refractivity contribution < 1.29 is 4.39 Å². The molecule has 1 saturated carbocycles. The van der Waals surface area contributed by atoms with Gasteiger partial charge in [-0.2, -0.15) is 0 Å². The Morgan fingerprint density at radius 1 is 1.12 bits per heavy atom. The van der Waals surface area contributed by atoms with E-state index in [1.165, 1.54) is 36.8 Å². The molecule has 2 heteroatoms. The predicted octanol–water partition coefficient (Wildman–Crippen LogP) is 3.55. The molecule has 17 heavy (non-hydrogen) atoms. The lowest BCUT2D eigenvalue weighted by Crippen LogP contribution is -2.18. The van der Waals surface area contributed by atoms with Gasteiger partial charge >= 0.3 is 0 Å². The highest BCUT2D eigenvalue weighted by Gasteiger charge is 2.37. The summed E-state index contributed by atoms with van der Waals surface area (Å²) < 4.78 is 13.4. The Kier molecular flexibility index (Phi) is 2.91. The first-order valence-electron chi connectivity index (χ1n) is 6.79. The van der Waals surface area contributed by atoms with Crippen LogP contribution in [0.4, 0.5) is 4.39 Å². The maximum absolute atomic E-state index is 13.4. The van der Waals surface area contributed by atoms with Gasteiger partial charge in [-0.05, 0) is 79.7 Å². The van der Waals surface area contributed by atoms with Crippen LogP contribution in [-0.2, 0) is 0 Å². The van der Waals surface area contributed by atoms with Gasteiger partial charge in [0.05, 0.1) is 0 Å². The molecule has 1 nitrogen and oxygen atoms in total. The number of rotatable bonds is 3. The molecule has 1 aromatic carbocycles. The summed E-state index contributed by atoms with van der Waals surface area (Å²) in [6, 6.07) is 5.40. The number of nitrogens with two attached hydrogens (primary N) is 1. The van der Waals surface area contributed by atoms with Crippen molar-refractivity contribution in [2.45, 2.75) is 43.9 Å². The van der Waals surface area contributed by atoms with Crippen molar-refractivity contribution in [1.82, 2.24) is 0 Å². The van der Waals surface area contributed by atoms with E-state index in [4.69, 9.17) is 5.73 Å². The van der Waals surface area contributed by atoms with Gasteiger partial charge in [0.25, 0.3) is 0 Å². The van der Waals surface area contributed by atoms with E-state index in [0.717, 1.165) is 12.3 Å². The van der Waals surface area contributed by atoms with Gasteiger partial charge in [-0.25, -0.2) is 4.39 Å². The summed E-state index contributed by atoms with van der Waals surface area (Å²) >= 11 is 0. The summed E-state index contributed by atoms with van der Waals surface area (Å²) in [6.45, 7) is 0.703. The highest BCUT2D eigenvalue weighted by atomic mass is 19.1. The Morgan fingerprint density at radius 3 is 2.65 bits per heavy atom. The Morgan fingerprint density at radius 2 is 1.94 bits per heavy atom. The summed E-state index contributed by atoms with van der Waals surface area (Å²) in [5, 5.41) is 0. The highest BCUT2D eigenvalue weighted by Crippen LogP contribution is 2.51. The van der Waals surface area contributed by atoms with Gasteiger partial charge in [-0.15, -0.1) is 0 Å². The molecular formula is C15H20FN. The van der Waals surface area contributed by atoms with Crippen LogP contribution in [0.1, 0.15) is 55.1 Å². The first-order chi connectivity index (χ1) is 8.29. The van der Waals surface area contributed by atoms with Crippen LogP contribution >= 0.6 is 0 Å². The average Bonchev–Trinajstić information content (AvgIpc) is 3.14. The largest absolute Gasteiger partial charge is 0.330 e. The van der Waals surface area contributed by atoms with Crippen LogP contribution in [0, 0.1) is 11.7 Å². The van der Waals surface area contributed by atoms with Crippen LogP contribution in [0.2, 0.25) is 0 Å². The Bertz CT molecular complexity index is 411. The van der Waals surface area contributed by atoms with E-state index < -0.39 is 0 Å². The van der Waals surface area contributed by atoms with Crippen molar-refractivity contribution in [2.24, 2.45) is 11.7 Å². The summed E-state index contributed by atoms with van der Waals surface area (Å²) in [7, 11) is 0. The minimum absolute atomic E-state index is 0.0952. The van der Waals surface area contributed by atoms with Gasteiger partial charge in [0.2, 0.25) is 0 Å². The van der Waals surface area contributed by atoms with Crippen molar-refractivity contribution in [2.75, 3.05) is 6.54 Å². The second-order valence-corrected chi connectivity index (χ2v) is 5.57. The molecule has 0 aromatic heterocycles. The third-order valence-electron chi connectivity index (χ3n) is 4.42. The Hall–Kier alpha value is -0.890. The van der Waals surface area contributed by atoms with Crippen LogP contribution < -0.4 is 5.73 Å². The third kappa shape index (κ3) is 2.11. The van der Waals surface area contributed by atoms with E-state index in [9.17, 15) is 4.39 Å². The summed E-state index contributed by atoms with van der Waals surface area (Å²) in [5.41, 5.74) is 8.33.